The van der Waals surface area contributed by atoms with Crippen molar-refractivity contribution in [3.05, 3.63) is 35.1 Å². The number of Topliss-reactive ketones (excluding diaryl/α,β-unsaturated/α-hetero) is 1. The molecular formula is C15H18ClF3N2O2. The van der Waals surface area contributed by atoms with Gasteiger partial charge in [-0.3, -0.25) is 9.59 Å². The van der Waals surface area contributed by atoms with Crippen LogP contribution < -0.4 is 5.73 Å². The molecule has 4 nitrogen and oxygen atoms in total. The Hall–Kier alpha value is -1.60. The number of likely N-dealkylation sites (tertiary alicyclic amines) is 1. The van der Waals surface area contributed by atoms with E-state index in [0.29, 0.717) is 38.1 Å². The van der Waals surface area contributed by atoms with Crippen molar-refractivity contribution >= 4 is 24.1 Å². The average Bonchev–Trinajstić information content (AvgIpc) is 2.45. The van der Waals surface area contributed by atoms with Gasteiger partial charge in [0.05, 0.1) is 11.6 Å². The summed E-state index contributed by atoms with van der Waals surface area (Å²) in [5.74, 6) is -4.96. The standard InChI is InChI=1S/C15H17F3N2O2.ClH/c1-8(19)15(22)20-4-2-9(3-5-20)14(21)13-11(17)6-10(16)7-12(13)18;/h6-9H,2-5,19H2,1H3;1H/t8-;/m0./s1. The number of carbonyl (C=O) groups is 2. The smallest absolute Gasteiger partial charge is 0.239 e. The lowest BCUT2D eigenvalue weighted by molar-refractivity contribution is -0.133. The van der Waals surface area contributed by atoms with Crippen LogP contribution in [-0.2, 0) is 4.79 Å². The number of hydrogen-bond donors (Lipinski definition) is 1. The van der Waals surface area contributed by atoms with E-state index in [-0.39, 0.29) is 18.3 Å². The Morgan fingerprint density at radius 3 is 2.09 bits per heavy atom. The molecule has 0 spiro atoms. The summed E-state index contributed by atoms with van der Waals surface area (Å²) >= 11 is 0. The molecule has 1 heterocycles. The monoisotopic (exact) mass is 350 g/mol. The molecule has 0 saturated carbocycles. The third kappa shape index (κ3) is 4.23. The van der Waals surface area contributed by atoms with Gasteiger partial charge >= 0.3 is 0 Å². The van der Waals surface area contributed by atoms with Crippen LogP contribution >= 0.6 is 12.4 Å². The predicted molar refractivity (Wildman–Crippen MR) is 80.8 cm³/mol. The lowest BCUT2D eigenvalue weighted by Gasteiger charge is -2.32. The van der Waals surface area contributed by atoms with E-state index in [0.717, 1.165) is 0 Å². The van der Waals surface area contributed by atoms with Gasteiger partial charge in [-0.05, 0) is 19.8 Å². The maximum Gasteiger partial charge on any atom is 0.239 e. The minimum absolute atomic E-state index is 0. The van der Waals surface area contributed by atoms with E-state index in [2.05, 4.69) is 0 Å². The lowest BCUT2D eigenvalue weighted by atomic mass is 9.88. The molecule has 0 aliphatic carbocycles. The largest absolute Gasteiger partial charge is 0.341 e. The Morgan fingerprint density at radius 1 is 1.17 bits per heavy atom. The van der Waals surface area contributed by atoms with E-state index in [4.69, 9.17) is 5.73 Å². The van der Waals surface area contributed by atoms with Crippen LogP contribution in [0.15, 0.2) is 12.1 Å². The summed E-state index contributed by atoms with van der Waals surface area (Å²) in [6.07, 6.45) is 0.598. The molecule has 2 N–H and O–H groups in total. The number of benzene rings is 1. The van der Waals surface area contributed by atoms with Crippen molar-refractivity contribution in [2.75, 3.05) is 13.1 Å². The molecule has 1 amide bonds. The molecule has 23 heavy (non-hydrogen) atoms. The number of carbonyl (C=O) groups excluding carboxylic acids is 2. The quantitative estimate of drug-likeness (QED) is 0.851. The lowest BCUT2D eigenvalue weighted by Crippen LogP contribution is -2.46. The summed E-state index contributed by atoms with van der Waals surface area (Å²) in [6.45, 7) is 2.19. The van der Waals surface area contributed by atoms with Crippen molar-refractivity contribution in [1.82, 2.24) is 4.90 Å². The van der Waals surface area contributed by atoms with Crippen molar-refractivity contribution in [2.45, 2.75) is 25.8 Å². The number of halogens is 4. The molecule has 1 atom stereocenters. The van der Waals surface area contributed by atoms with Gasteiger partial charge in [0.2, 0.25) is 5.91 Å². The maximum absolute atomic E-state index is 13.6. The van der Waals surface area contributed by atoms with Crippen LogP contribution in [0.5, 0.6) is 0 Å². The highest BCUT2D eigenvalue weighted by Crippen LogP contribution is 2.25. The fraction of sp³-hybridized carbons (Fsp3) is 0.467. The summed E-state index contributed by atoms with van der Waals surface area (Å²) in [4.78, 5) is 25.5. The third-order valence-electron chi connectivity index (χ3n) is 3.82. The fourth-order valence-electron chi connectivity index (χ4n) is 2.63. The number of ketones is 1. The summed E-state index contributed by atoms with van der Waals surface area (Å²) in [5.41, 5.74) is 4.80. The zero-order valence-electron chi connectivity index (χ0n) is 12.5. The first-order chi connectivity index (χ1) is 10.3. The number of hydrogen-bond acceptors (Lipinski definition) is 3. The molecule has 0 bridgehead atoms. The number of nitrogens with zero attached hydrogens (tertiary/aromatic N) is 1. The molecule has 128 valence electrons. The van der Waals surface area contributed by atoms with Gasteiger partial charge < -0.3 is 10.6 Å². The molecule has 1 aromatic carbocycles. The van der Waals surface area contributed by atoms with Crippen LogP contribution in [0.25, 0.3) is 0 Å². The van der Waals surface area contributed by atoms with Crippen molar-refractivity contribution in [1.29, 1.82) is 0 Å². The summed E-state index contributed by atoms with van der Waals surface area (Å²) in [6, 6.07) is 0.357. The van der Waals surface area contributed by atoms with E-state index in [9.17, 15) is 22.8 Å². The summed E-state index contributed by atoms with van der Waals surface area (Å²) < 4.78 is 40.2. The van der Waals surface area contributed by atoms with E-state index in [1.165, 1.54) is 4.90 Å². The first kappa shape index (κ1) is 19.4. The predicted octanol–water partition coefficient (Wildman–Crippen LogP) is 2.29. The molecule has 2 rings (SSSR count). The van der Waals surface area contributed by atoms with Gasteiger partial charge in [-0.1, -0.05) is 0 Å². The Balaban J connectivity index is 0.00000264. The number of piperidine rings is 1. The van der Waals surface area contributed by atoms with Crippen molar-refractivity contribution in [3.8, 4) is 0 Å². The molecule has 8 heteroatoms. The van der Waals surface area contributed by atoms with Gasteiger partial charge in [-0.15, -0.1) is 12.4 Å². The van der Waals surface area contributed by atoms with Gasteiger partial charge in [0.1, 0.15) is 17.5 Å². The Bertz CT molecular complexity index is 579. The van der Waals surface area contributed by atoms with Crippen LogP contribution in [0, 0.1) is 23.4 Å². The molecular weight excluding hydrogens is 333 g/mol. The van der Waals surface area contributed by atoms with Gasteiger partial charge in [-0.25, -0.2) is 13.2 Å². The maximum atomic E-state index is 13.6. The Kier molecular flexibility index (Phi) is 6.58. The average molecular weight is 351 g/mol. The van der Waals surface area contributed by atoms with Crippen molar-refractivity contribution in [3.63, 3.8) is 0 Å². The molecule has 1 saturated heterocycles. The SMILES string of the molecule is C[C@H](N)C(=O)N1CCC(C(=O)c2c(F)cc(F)cc2F)CC1.Cl. The van der Waals surface area contributed by atoms with E-state index in [1.807, 2.05) is 0 Å². The van der Waals surface area contributed by atoms with E-state index < -0.39 is 40.8 Å². The van der Waals surface area contributed by atoms with Crippen molar-refractivity contribution < 1.29 is 22.8 Å². The number of nitrogens with two attached hydrogens (primary N) is 1. The van der Waals surface area contributed by atoms with Crippen molar-refractivity contribution in [2.24, 2.45) is 11.7 Å². The first-order valence-corrected chi connectivity index (χ1v) is 7.04. The highest BCUT2D eigenvalue weighted by atomic mass is 35.5. The molecule has 0 radical (unpaired) electrons. The number of rotatable bonds is 3. The van der Waals surface area contributed by atoms with E-state index >= 15 is 0 Å². The second kappa shape index (κ2) is 7.79. The van der Waals surface area contributed by atoms with Crippen LogP contribution in [-0.4, -0.2) is 35.7 Å². The third-order valence-corrected chi connectivity index (χ3v) is 3.82. The fourth-order valence-corrected chi connectivity index (χ4v) is 2.63. The molecule has 1 aromatic rings. The van der Waals surface area contributed by atoms with Gasteiger partial charge in [0.15, 0.2) is 5.78 Å². The summed E-state index contributed by atoms with van der Waals surface area (Å²) in [5, 5.41) is 0. The van der Waals surface area contributed by atoms with Crippen LogP contribution in [0.1, 0.15) is 30.1 Å². The van der Waals surface area contributed by atoms with Crippen LogP contribution in [0.4, 0.5) is 13.2 Å². The van der Waals surface area contributed by atoms with Crippen LogP contribution in [0.2, 0.25) is 0 Å². The Labute approximate surface area is 138 Å². The van der Waals surface area contributed by atoms with Gasteiger partial charge in [-0.2, -0.15) is 0 Å². The molecule has 1 aliphatic heterocycles. The van der Waals surface area contributed by atoms with Gasteiger partial charge in [0, 0.05) is 31.1 Å². The zero-order valence-corrected chi connectivity index (χ0v) is 13.3. The summed E-state index contributed by atoms with van der Waals surface area (Å²) in [7, 11) is 0. The zero-order chi connectivity index (χ0) is 16.4. The second-order valence-electron chi connectivity index (χ2n) is 5.50. The van der Waals surface area contributed by atoms with Crippen LogP contribution in [0.3, 0.4) is 0 Å². The van der Waals surface area contributed by atoms with E-state index in [1.54, 1.807) is 6.92 Å². The minimum atomic E-state index is -1.20. The highest BCUT2D eigenvalue weighted by Gasteiger charge is 2.31. The highest BCUT2D eigenvalue weighted by molar-refractivity contribution is 5.98. The molecule has 1 fully saturated rings. The second-order valence-corrected chi connectivity index (χ2v) is 5.50. The molecule has 0 unspecified atom stereocenters. The topological polar surface area (TPSA) is 63.4 Å². The minimum Gasteiger partial charge on any atom is -0.341 e. The normalized spacial score (nSPS) is 16.7. The first-order valence-electron chi connectivity index (χ1n) is 7.04. The molecule has 0 aromatic heterocycles. The Morgan fingerprint density at radius 2 is 1.65 bits per heavy atom. The number of amides is 1. The van der Waals surface area contributed by atoms with Gasteiger partial charge in [0.25, 0.3) is 0 Å². The molecule has 1 aliphatic rings.